The molecule has 1 aromatic carbocycles. The fourth-order valence-corrected chi connectivity index (χ4v) is 2.98. The molecule has 3 rings (SSSR count). The van der Waals surface area contributed by atoms with Crippen LogP contribution in [0.4, 0.5) is 0 Å². The highest BCUT2D eigenvalue weighted by Gasteiger charge is 2.27. The maximum absolute atomic E-state index is 12.8. The number of amides is 1. The Kier molecular flexibility index (Phi) is 4.24. The first-order valence-corrected chi connectivity index (χ1v) is 7.64. The van der Waals surface area contributed by atoms with Gasteiger partial charge in [-0.05, 0) is 30.5 Å². The summed E-state index contributed by atoms with van der Waals surface area (Å²) in [5, 5.41) is 13.9. The Balaban J connectivity index is 1.81. The smallest absolute Gasteiger partial charge is 0.227 e. The summed E-state index contributed by atoms with van der Waals surface area (Å²) in [5.74, 6) is 0.0583. The number of carbonyl (C=O) groups excluding carboxylic acids is 1. The fraction of sp³-hybridized carbons (Fsp3) is 0.412. The van der Waals surface area contributed by atoms with E-state index in [4.69, 9.17) is 0 Å². The van der Waals surface area contributed by atoms with Crippen molar-refractivity contribution in [1.29, 1.82) is 0 Å². The minimum Gasteiger partial charge on any atom is -0.394 e. The van der Waals surface area contributed by atoms with Gasteiger partial charge in [0, 0.05) is 12.7 Å². The third kappa shape index (κ3) is 2.90. The van der Waals surface area contributed by atoms with Crippen LogP contribution >= 0.6 is 0 Å². The van der Waals surface area contributed by atoms with Gasteiger partial charge in [-0.2, -0.15) is 5.10 Å². The lowest BCUT2D eigenvalue weighted by molar-refractivity contribution is -0.134. The molecule has 5 nitrogen and oxygen atoms in total. The highest BCUT2D eigenvalue weighted by atomic mass is 16.3. The molecule has 2 aromatic rings. The third-order valence-electron chi connectivity index (χ3n) is 4.39. The molecular weight excluding hydrogens is 278 g/mol. The average Bonchev–Trinajstić information content (AvgIpc) is 2.88. The van der Waals surface area contributed by atoms with Crippen molar-refractivity contribution < 1.29 is 9.90 Å². The molecular formula is C17H21N3O2. The van der Waals surface area contributed by atoms with E-state index in [9.17, 15) is 9.90 Å². The molecule has 0 aliphatic carbocycles. The van der Waals surface area contributed by atoms with Gasteiger partial charge in [0.15, 0.2) is 0 Å². The highest BCUT2D eigenvalue weighted by molar-refractivity contribution is 5.79. The maximum atomic E-state index is 12.8. The van der Waals surface area contributed by atoms with Crippen LogP contribution < -0.4 is 0 Å². The van der Waals surface area contributed by atoms with Crippen LogP contribution in [0, 0.1) is 6.92 Å². The summed E-state index contributed by atoms with van der Waals surface area (Å²) in [4.78, 5) is 14.6. The third-order valence-corrected chi connectivity index (χ3v) is 4.39. The van der Waals surface area contributed by atoms with Gasteiger partial charge >= 0.3 is 0 Å². The van der Waals surface area contributed by atoms with Crippen LogP contribution in [0.25, 0.3) is 0 Å². The Hall–Kier alpha value is -2.14. The van der Waals surface area contributed by atoms with Crippen molar-refractivity contribution in [3.63, 3.8) is 0 Å². The number of nitrogens with zero attached hydrogens (tertiary/aromatic N) is 3. The van der Waals surface area contributed by atoms with Gasteiger partial charge in [-0.1, -0.05) is 24.3 Å². The molecule has 5 heteroatoms. The van der Waals surface area contributed by atoms with Gasteiger partial charge in [-0.15, -0.1) is 0 Å². The number of aryl methyl sites for hydroxylation is 2. The topological polar surface area (TPSA) is 58.4 Å². The van der Waals surface area contributed by atoms with E-state index in [2.05, 4.69) is 5.10 Å². The number of hydrogen-bond acceptors (Lipinski definition) is 3. The Labute approximate surface area is 130 Å². The Bertz CT molecular complexity index is 665. The number of aromatic nitrogens is 2. The zero-order valence-electron chi connectivity index (χ0n) is 12.8. The summed E-state index contributed by atoms with van der Waals surface area (Å²) in [6, 6.07) is 9.74. The van der Waals surface area contributed by atoms with E-state index >= 15 is 0 Å². The fourth-order valence-electron chi connectivity index (χ4n) is 2.98. The summed E-state index contributed by atoms with van der Waals surface area (Å²) < 4.78 is 1.92. The van der Waals surface area contributed by atoms with Gasteiger partial charge in [0.25, 0.3) is 0 Å². The SMILES string of the molecule is Cc1ccccc1CC(=O)N1Cc2ccnn2CCC1CO. The van der Waals surface area contributed by atoms with Gasteiger partial charge in [0.05, 0.1) is 31.3 Å². The zero-order chi connectivity index (χ0) is 15.5. The molecule has 1 amide bonds. The molecule has 1 aliphatic heterocycles. The minimum atomic E-state index is -0.141. The van der Waals surface area contributed by atoms with Gasteiger partial charge in [0.1, 0.15) is 0 Å². The van der Waals surface area contributed by atoms with Crippen LogP contribution in [-0.2, 0) is 24.3 Å². The van der Waals surface area contributed by atoms with Crippen molar-refractivity contribution in [2.45, 2.75) is 38.9 Å². The molecule has 1 unspecified atom stereocenters. The molecule has 2 heterocycles. The predicted octanol–water partition coefficient (Wildman–Crippen LogP) is 1.53. The minimum absolute atomic E-state index is 0.00958. The molecule has 0 saturated carbocycles. The second kappa shape index (κ2) is 6.32. The number of aliphatic hydroxyl groups is 1. The quantitative estimate of drug-likeness (QED) is 0.935. The van der Waals surface area contributed by atoms with Gasteiger partial charge in [-0.25, -0.2) is 0 Å². The van der Waals surface area contributed by atoms with Crippen molar-refractivity contribution in [2.24, 2.45) is 0 Å². The van der Waals surface area contributed by atoms with Crippen LogP contribution in [0.5, 0.6) is 0 Å². The Morgan fingerprint density at radius 2 is 2.18 bits per heavy atom. The zero-order valence-corrected chi connectivity index (χ0v) is 12.8. The molecule has 1 atom stereocenters. The van der Waals surface area contributed by atoms with E-state index in [-0.39, 0.29) is 18.6 Å². The second-order valence-electron chi connectivity index (χ2n) is 5.80. The molecule has 1 aliphatic rings. The van der Waals surface area contributed by atoms with E-state index in [0.29, 0.717) is 13.0 Å². The number of benzene rings is 1. The lowest BCUT2D eigenvalue weighted by Gasteiger charge is -2.28. The predicted molar refractivity (Wildman–Crippen MR) is 83.2 cm³/mol. The molecule has 22 heavy (non-hydrogen) atoms. The first kappa shape index (κ1) is 14.8. The second-order valence-corrected chi connectivity index (χ2v) is 5.80. The summed E-state index contributed by atoms with van der Waals surface area (Å²) in [5.41, 5.74) is 3.19. The van der Waals surface area contributed by atoms with Crippen LogP contribution in [-0.4, -0.2) is 38.3 Å². The summed E-state index contributed by atoms with van der Waals surface area (Å²) in [7, 11) is 0. The van der Waals surface area contributed by atoms with Crippen LogP contribution in [0.1, 0.15) is 23.2 Å². The monoisotopic (exact) mass is 299 g/mol. The van der Waals surface area contributed by atoms with E-state index in [0.717, 1.165) is 29.8 Å². The summed E-state index contributed by atoms with van der Waals surface area (Å²) >= 11 is 0. The van der Waals surface area contributed by atoms with E-state index in [1.54, 1.807) is 11.1 Å². The number of rotatable bonds is 3. The van der Waals surface area contributed by atoms with E-state index in [1.165, 1.54) is 0 Å². The van der Waals surface area contributed by atoms with Crippen molar-refractivity contribution in [2.75, 3.05) is 6.61 Å². The van der Waals surface area contributed by atoms with Crippen LogP contribution in [0.2, 0.25) is 0 Å². The normalized spacial score (nSPS) is 17.9. The standard InChI is InChI=1S/C17H21N3O2/c1-13-4-2-3-5-14(13)10-17(22)19-11-15-6-8-18-20(15)9-7-16(19)12-21/h2-6,8,16,21H,7,9-12H2,1H3. The van der Waals surface area contributed by atoms with Gasteiger partial charge in [-0.3, -0.25) is 9.48 Å². The molecule has 0 saturated heterocycles. The van der Waals surface area contributed by atoms with Gasteiger partial charge in [0.2, 0.25) is 5.91 Å². The lowest BCUT2D eigenvalue weighted by atomic mass is 10.0. The van der Waals surface area contributed by atoms with Crippen LogP contribution in [0.15, 0.2) is 36.5 Å². The van der Waals surface area contributed by atoms with Crippen molar-refractivity contribution in [1.82, 2.24) is 14.7 Å². The molecule has 0 bridgehead atoms. The first-order chi connectivity index (χ1) is 10.7. The largest absolute Gasteiger partial charge is 0.394 e. The Morgan fingerprint density at radius 3 is 2.95 bits per heavy atom. The van der Waals surface area contributed by atoms with E-state index < -0.39 is 0 Å². The van der Waals surface area contributed by atoms with Crippen molar-refractivity contribution in [3.8, 4) is 0 Å². The maximum Gasteiger partial charge on any atom is 0.227 e. The van der Waals surface area contributed by atoms with Crippen LogP contribution in [0.3, 0.4) is 0 Å². The molecule has 1 N–H and O–H groups in total. The van der Waals surface area contributed by atoms with E-state index in [1.807, 2.05) is 41.9 Å². The number of hydrogen-bond donors (Lipinski definition) is 1. The van der Waals surface area contributed by atoms with Crippen molar-refractivity contribution >= 4 is 5.91 Å². The molecule has 1 aromatic heterocycles. The summed E-state index contributed by atoms with van der Waals surface area (Å²) in [6.45, 7) is 3.26. The highest BCUT2D eigenvalue weighted by Crippen LogP contribution is 2.19. The Morgan fingerprint density at radius 1 is 1.36 bits per heavy atom. The lowest BCUT2D eigenvalue weighted by Crippen LogP contribution is -2.42. The van der Waals surface area contributed by atoms with Crippen molar-refractivity contribution in [3.05, 3.63) is 53.3 Å². The molecule has 0 fully saturated rings. The summed E-state index contributed by atoms with van der Waals surface area (Å²) in [6.07, 6.45) is 2.86. The first-order valence-electron chi connectivity index (χ1n) is 7.64. The number of fused-ring (bicyclic) bond motifs is 1. The van der Waals surface area contributed by atoms with Gasteiger partial charge < -0.3 is 10.0 Å². The molecule has 116 valence electrons. The number of carbonyl (C=O) groups is 1. The average molecular weight is 299 g/mol. The molecule has 0 radical (unpaired) electrons. The molecule has 0 spiro atoms. The number of aliphatic hydroxyl groups excluding tert-OH is 1.